The number of amides is 1. The lowest BCUT2D eigenvalue weighted by molar-refractivity contribution is 0.102. The van der Waals surface area contributed by atoms with E-state index in [1.54, 1.807) is 0 Å². The van der Waals surface area contributed by atoms with Gasteiger partial charge in [0.2, 0.25) is 0 Å². The molecule has 2 aromatic rings. The van der Waals surface area contributed by atoms with Gasteiger partial charge in [-0.2, -0.15) is 5.10 Å². The van der Waals surface area contributed by atoms with Gasteiger partial charge in [-0.25, -0.2) is 0 Å². The van der Waals surface area contributed by atoms with E-state index in [0.717, 1.165) is 36.3 Å². The van der Waals surface area contributed by atoms with Crippen molar-refractivity contribution in [2.75, 3.05) is 11.9 Å². The third-order valence-electron chi connectivity index (χ3n) is 3.32. The molecule has 1 aliphatic heterocycles. The van der Waals surface area contributed by atoms with Gasteiger partial charge in [0.05, 0.1) is 5.69 Å². The zero-order chi connectivity index (χ0) is 13.2. The zero-order valence-corrected chi connectivity index (χ0v) is 10.8. The molecule has 1 amide bonds. The molecular weight excluding hydrogens is 240 g/mol. The topological polar surface area (TPSA) is 69.8 Å². The predicted molar refractivity (Wildman–Crippen MR) is 73.1 cm³/mol. The van der Waals surface area contributed by atoms with Crippen molar-refractivity contribution in [1.82, 2.24) is 15.5 Å². The highest BCUT2D eigenvalue weighted by Gasteiger charge is 2.18. The maximum atomic E-state index is 12.2. The van der Waals surface area contributed by atoms with E-state index in [9.17, 15) is 4.79 Å². The Morgan fingerprint density at radius 3 is 3.16 bits per heavy atom. The highest BCUT2D eigenvalue weighted by atomic mass is 16.1. The second-order valence-electron chi connectivity index (χ2n) is 4.78. The fourth-order valence-corrected chi connectivity index (χ4v) is 2.31. The third-order valence-corrected chi connectivity index (χ3v) is 3.32. The van der Waals surface area contributed by atoms with Crippen LogP contribution in [0.4, 0.5) is 5.82 Å². The number of carbonyl (C=O) groups is 1. The van der Waals surface area contributed by atoms with Gasteiger partial charge in [0.25, 0.3) is 5.91 Å². The summed E-state index contributed by atoms with van der Waals surface area (Å²) in [5.74, 6) is 0.541. The Bertz CT molecular complexity index is 618. The molecule has 0 unspecified atom stereocenters. The average Bonchev–Trinajstić information content (AvgIpc) is 2.82. The summed E-state index contributed by atoms with van der Waals surface area (Å²) in [4.78, 5) is 12.2. The molecule has 1 aromatic carbocycles. The number of fused-ring (bicyclic) bond motifs is 1. The molecule has 0 radical (unpaired) electrons. The standard InChI is InChI=1S/C14H16N4O/c1-9-3-2-4-10(7-9)14(19)16-13-11-5-6-15-8-12(11)17-18-13/h2-4,7,15H,5-6,8H2,1H3,(H2,16,17,18,19). The fraction of sp³-hybridized carbons (Fsp3) is 0.286. The number of nitrogens with zero attached hydrogens (tertiary/aromatic N) is 1. The Hall–Kier alpha value is -2.14. The minimum Gasteiger partial charge on any atom is -0.311 e. The van der Waals surface area contributed by atoms with Gasteiger partial charge < -0.3 is 10.6 Å². The lowest BCUT2D eigenvalue weighted by Crippen LogP contribution is -2.24. The van der Waals surface area contributed by atoms with Crippen LogP contribution in [0.3, 0.4) is 0 Å². The van der Waals surface area contributed by atoms with Crippen LogP contribution in [0.1, 0.15) is 27.2 Å². The van der Waals surface area contributed by atoms with E-state index < -0.39 is 0 Å². The molecule has 1 aromatic heterocycles. The van der Waals surface area contributed by atoms with E-state index in [2.05, 4.69) is 20.8 Å². The van der Waals surface area contributed by atoms with Crippen LogP contribution >= 0.6 is 0 Å². The lowest BCUT2D eigenvalue weighted by Gasteiger charge is -2.13. The number of H-pyrrole nitrogens is 1. The number of aromatic nitrogens is 2. The van der Waals surface area contributed by atoms with Gasteiger partial charge in [0, 0.05) is 17.7 Å². The predicted octanol–water partition coefficient (Wildman–Crippen LogP) is 1.62. The van der Waals surface area contributed by atoms with Gasteiger partial charge in [-0.1, -0.05) is 17.7 Å². The van der Waals surface area contributed by atoms with E-state index in [0.29, 0.717) is 11.4 Å². The molecule has 98 valence electrons. The van der Waals surface area contributed by atoms with Crippen LogP contribution in [0, 0.1) is 6.92 Å². The second-order valence-corrected chi connectivity index (χ2v) is 4.78. The first-order valence-corrected chi connectivity index (χ1v) is 6.39. The molecular formula is C14H16N4O. The molecule has 0 atom stereocenters. The highest BCUT2D eigenvalue weighted by molar-refractivity contribution is 6.04. The number of hydrogen-bond acceptors (Lipinski definition) is 3. The monoisotopic (exact) mass is 256 g/mol. The minimum atomic E-state index is -0.114. The maximum absolute atomic E-state index is 12.2. The first-order chi connectivity index (χ1) is 9.24. The fourth-order valence-electron chi connectivity index (χ4n) is 2.31. The van der Waals surface area contributed by atoms with Crippen LogP contribution < -0.4 is 10.6 Å². The molecule has 5 nitrogen and oxygen atoms in total. The van der Waals surface area contributed by atoms with Crippen LogP contribution in [0.2, 0.25) is 0 Å². The van der Waals surface area contributed by atoms with Crippen molar-refractivity contribution < 1.29 is 4.79 Å². The number of aryl methyl sites for hydroxylation is 1. The summed E-state index contributed by atoms with van der Waals surface area (Å²) >= 11 is 0. The second kappa shape index (κ2) is 4.85. The largest absolute Gasteiger partial charge is 0.311 e. The molecule has 19 heavy (non-hydrogen) atoms. The molecule has 3 rings (SSSR count). The molecule has 3 N–H and O–H groups in total. The normalized spacial score (nSPS) is 13.9. The average molecular weight is 256 g/mol. The Kier molecular flexibility index (Phi) is 3.05. The number of benzene rings is 1. The summed E-state index contributed by atoms with van der Waals surface area (Å²) in [6.07, 6.45) is 0.884. The van der Waals surface area contributed by atoms with E-state index in [4.69, 9.17) is 0 Å². The smallest absolute Gasteiger partial charge is 0.256 e. The number of nitrogens with one attached hydrogen (secondary N) is 3. The summed E-state index contributed by atoms with van der Waals surface area (Å²) in [6, 6.07) is 7.53. The van der Waals surface area contributed by atoms with Crippen LogP contribution in [0.5, 0.6) is 0 Å². The summed E-state index contributed by atoms with van der Waals surface area (Å²) in [7, 11) is 0. The van der Waals surface area contributed by atoms with E-state index in [-0.39, 0.29) is 5.91 Å². The molecule has 0 bridgehead atoms. The molecule has 0 saturated carbocycles. The number of carbonyl (C=O) groups excluding carboxylic acids is 1. The zero-order valence-electron chi connectivity index (χ0n) is 10.8. The molecule has 0 spiro atoms. The quantitative estimate of drug-likeness (QED) is 0.764. The van der Waals surface area contributed by atoms with Crippen LogP contribution in [0.25, 0.3) is 0 Å². The molecule has 1 aliphatic rings. The van der Waals surface area contributed by atoms with Gasteiger partial charge >= 0.3 is 0 Å². The molecule has 5 heteroatoms. The molecule has 2 heterocycles. The van der Waals surface area contributed by atoms with Crippen molar-refractivity contribution in [3.8, 4) is 0 Å². The van der Waals surface area contributed by atoms with Crippen LogP contribution in [0.15, 0.2) is 24.3 Å². The summed E-state index contributed by atoms with van der Waals surface area (Å²) in [5.41, 5.74) is 3.90. The molecule has 0 fully saturated rings. The minimum absolute atomic E-state index is 0.114. The van der Waals surface area contributed by atoms with Crippen molar-refractivity contribution in [2.24, 2.45) is 0 Å². The van der Waals surface area contributed by atoms with Gasteiger partial charge in [-0.3, -0.25) is 9.89 Å². The van der Waals surface area contributed by atoms with Crippen molar-refractivity contribution in [1.29, 1.82) is 0 Å². The van der Waals surface area contributed by atoms with E-state index in [1.807, 2.05) is 31.2 Å². The molecule has 0 saturated heterocycles. The van der Waals surface area contributed by atoms with Gasteiger partial charge in [-0.05, 0) is 32.0 Å². The Morgan fingerprint density at radius 1 is 1.42 bits per heavy atom. The summed E-state index contributed by atoms with van der Waals surface area (Å²) in [6.45, 7) is 3.67. The van der Waals surface area contributed by atoms with Crippen LogP contribution in [-0.2, 0) is 13.0 Å². The van der Waals surface area contributed by atoms with E-state index in [1.165, 1.54) is 0 Å². The number of rotatable bonds is 2. The first kappa shape index (κ1) is 11.9. The lowest BCUT2D eigenvalue weighted by atomic mass is 10.1. The maximum Gasteiger partial charge on any atom is 0.256 e. The van der Waals surface area contributed by atoms with Crippen LogP contribution in [-0.4, -0.2) is 22.6 Å². The number of hydrogen-bond donors (Lipinski definition) is 3. The van der Waals surface area contributed by atoms with Gasteiger partial charge in [0.15, 0.2) is 5.82 Å². The summed E-state index contributed by atoms with van der Waals surface area (Å²) in [5, 5.41) is 13.3. The number of anilines is 1. The van der Waals surface area contributed by atoms with Crippen molar-refractivity contribution >= 4 is 11.7 Å². The van der Waals surface area contributed by atoms with Crippen molar-refractivity contribution in [3.63, 3.8) is 0 Å². The highest BCUT2D eigenvalue weighted by Crippen LogP contribution is 2.20. The third kappa shape index (κ3) is 2.37. The SMILES string of the molecule is Cc1cccc(C(=O)Nc2n[nH]c3c2CCNC3)c1. The Morgan fingerprint density at radius 2 is 2.32 bits per heavy atom. The van der Waals surface area contributed by atoms with Gasteiger partial charge in [0.1, 0.15) is 0 Å². The first-order valence-electron chi connectivity index (χ1n) is 6.39. The molecule has 0 aliphatic carbocycles. The van der Waals surface area contributed by atoms with E-state index >= 15 is 0 Å². The Labute approximate surface area is 111 Å². The van der Waals surface area contributed by atoms with Crippen molar-refractivity contribution in [3.05, 3.63) is 46.6 Å². The Balaban J connectivity index is 1.82. The number of aromatic amines is 1. The summed E-state index contributed by atoms with van der Waals surface area (Å²) < 4.78 is 0. The van der Waals surface area contributed by atoms with Crippen molar-refractivity contribution in [2.45, 2.75) is 19.9 Å². The van der Waals surface area contributed by atoms with Gasteiger partial charge in [-0.15, -0.1) is 0 Å².